The van der Waals surface area contributed by atoms with Crippen molar-refractivity contribution in [3.05, 3.63) is 54.6 Å². The molecule has 2 aromatic carbocycles. The van der Waals surface area contributed by atoms with Gasteiger partial charge in [-0.05, 0) is 82.6 Å². The van der Waals surface area contributed by atoms with Gasteiger partial charge in [0.15, 0.2) is 0 Å². The molecular formula is C27H37BF4NOP. The van der Waals surface area contributed by atoms with Crippen molar-refractivity contribution >= 4 is 31.2 Å². The molecule has 0 radical (unpaired) electrons. The lowest BCUT2D eigenvalue weighted by Crippen LogP contribution is -2.42. The molecule has 3 aliphatic rings. The van der Waals surface area contributed by atoms with Crippen LogP contribution in [0.3, 0.4) is 0 Å². The number of anilines is 2. The van der Waals surface area contributed by atoms with Crippen LogP contribution in [-0.2, 0) is 4.74 Å². The van der Waals surface area contributed by atoms with Crippen molar-refractivity contribution in [2.24, 2.45) is 0 Å². The van der Waals surface area contributed by atoms with Crippen molar-refractivity contribution < 1.29 is 22.0 Å². The smallest absolute Gasteiger partial charge is 0.418 e. The molecule has 0 bridgehead atoms. The Labute approximate surface area is 207 Å². The summed E-state index contributed by atoms with van der Waals surface area (Å²) in [4.78, 5) is 2.61. The summed E-state index contributed by atoms with van der Waals surface area (Å²) in [5.41, 5.74) is 4.41. The zero-order chi connectivity index (χ0) is 24.9. The lowest BCUT2D eigenvalue weighted by atomic mass is 9.99. The number of para-hydroxylation sites is 2. The highest BCUT2D eigenvalue weighted by Gasteiger charge is 2.67. The first-order valence-corrected chi connectivity index (χ1v) is 15.2. The molecule has 1 aliphatic heterocycles. The molecule has 0 N–H and O–H groups in total. The molecule has 5 rings (SSSR count). The molecular weight excluding hydrogens is 472 g/mol. The van der Waals surface area contributed by atoms with E-state index < -0.39 is 14.5 Å². The van der Waals surface area contributed by atoms with Crippen molar-refractivity contribution in [2.75, 3.05) is 11.5 Å². The highest BCUT2D eigenvalue weighted by atomic mass is 31.2. The quantitative estimate of drug-likeness (QED) is 0.227. The average Bonchev–Trinajstić information content (AvgIpc) is 3.15. The van der Waals surface area contributed by atoms with Crippen LogP contribution in [0.4, 0.5) is 28.6 Å². The maximum absolute atomic E-state index is 9.75. The maximum Gasteiger partial charge on any atom is 0.673 e. The SMILES string of the molecule is CCO[C@H]1N(c2ccccc2)c2ccccc2[P+]1(C1CCCCC1)C1CCCCC1.F[B-](F)(F)F. The van der Waals surface area contributed by atoms with Gasteiger partial charge in [-0.3, -0.25) is 4.90 Å². The molecule has 1 atom stereocenters. The van der Waals surface area contributed by atoms with Crippen LogP contribution in [0.5, 0.6) is 0 Å². The highest BCUT2D eigenvalue weighted by molar-refractivity contribution is 7.85. The van der Waals surface area contributed by atoms with Gasteiger partial charge in [-0.2, -0.15) is 0 Å². The van der Waals surface area contributed by atoms with E-state index in [1.807, 2.05) is 0 Å². The molecule has 2 fully saturated rings. The van der Waals surface area contributed by atoms with Crippen LogP contribution in [0.15, 0.2) is 54.6 Å². The van der Waals surface area contributed by atoms with Crippen LogP contribution >= 0.6 is 7.26 Å². The molecule has 2 aromatic rings. The van der Waals surface area contributed by atoms with Gasteiger partial charge in [-0.15, -0.1) is 0 Å². The number of hydrogen-bond acceptors (Lipinski definition) is 2. The normalized spacial score (nSPS) is 22.9. The number of ether oxygens (including phenoxy) is 1. The number of hydrogen-bond donors (Lipinski definition) is 0. The average molecular weight is 509 g/mol. The molecule has 0 unspecified atom stereocenters. The summed E-state index contributed by atoms with van der Waals surface area (Å²) in [5.74, 6) is 0.216. The van der Waals surface area contributed by atoms with E-state index in [1.54, 1.807) is 5.30 Å². The van der Waals surface area contributed by atoms with E-state index in [0.29, 0.717) is 0 Å². The number of nitrogens with zero attached hydrogens (tertiary/aromatic N) is 1. The zero-order valence-electron chi connectivity index (χ0n) is 20.6. The molecule has 0 saturated heterocycles. The number of rotatable bonds is 5. The van der Waals surface area contributed by atoms with Crippen molar-refractivity contribution in [1.29, 1.82) is 0 Å². The fraction of sp³-hybridized carbons (Fsp3) is 0.556. The van der Waals surface area contributed by atoms with E-state index in [1.165, 1.54) is 75.6 Å². The molecule has 0 spiro atoms. The summed E-state index contributed by atoms with van der Waals surface area (Å²) in [6.45, 7) is 2.99. The van der Waals surface area contributed by atoms with Crippen molar-refractivity contribution in [3.63, 3.8) is 0 Å². The first kappa shape index (κ1) is 26.5. The summed E-state index contributed by atoms with van der Waals surface area (Å²) in [6.07, 6.45) is 14.1. The van der Waals surface area contributed by atoms with Gasteiger partial charge >= 0.3 is 7.25 Å². The standard InChI is InChI=1S/C27H37NOP.BF4/c1-2-29-27-28(22-14-6-3-7-15-22)25-20-12-13-21-26(25)30(27,23-16-8-4-9-17-23)24-18-10-5-11-19-24;2-1(3,4)5/h3,6-7,12-15,20-21,23-24,27H,2,4-5,8-11,16-19H2,1H3;/q+1;-1/t27-;/m1./s1. The molecule has 2 nitrogen and oxygen atoms in total. The van der Waals surface area contributed by atoms with E-state index in [-0.39, 0.29) is 5.97 Å². The van der Waals surface area contributed by atoms with Crippen LogP contribution < -0.4 is 10.2 Å². The molecule has 1 heterocycles. The second-order valence-electron chi connectivity index (χ2n) is 9.89. The first-order valence-electron chi connectivity index (χ1n) is 13.2. The Bertz CT molecular complexity index is 908. The Balaban J connectivity index is 0.000000527. The molecule has 0 aromatic heterocycles. The van der Waals surface area contributed by atoms with Gasteiger partial charge in [-0.25, -0.2) is 0 Å². The van der Waals surface area contributed by atoms with Crippen molar-refractivity contribution in [2.45, 2.75) is 88.4 Å². The first-order chi connectivity index (χ1) is 16.9. The van der Waals surface area contributed by atoms with Crippen LogP contribution in [0, 0.1) is 0 Å². The molecule has 8 heteroatoms. The molecule has 2 saturated carbocycles. The van der Waals surface area contributed by atoms with Crippen LogP contribution in [0.25, 0.3) is 0 Å². The fourth-order valence-electron chi connectivity index (χ4n) is 6.70. The predicted molar refractivity (Wildman–Crippen MR) is 141 cm³/mol. The second-order valence-corrected chi connectivity index (χ2v) is 13.9. The van der Waals surface area contributed by atoms with Crippen LogP contribution in [0.2, 0.25) is 0 Å². The summed E-state index contributed by atoms with van der Waals surface area (Å²) >= 11 is 0. The summed E-state index contributed by atoms with van der Waals surface area (Å²) in [7, 11) is -7.53. The van der Waals surface area contributed by atoms with E-state index in [9.17, 15) is 17.3 Å². The Kier molecular flexibility index (Phi) is 8.81. The molecule has 35 heavy (non-hydrogen) atoms. The Hall–Kier alpha value is -1.59. The van der Waals surface area contributed by atoms with Gasteiger partial charge in [-0.1, -0.05) is 43.2 Å². The van der Waals surface area contributed by atoms with Crippen LogP contribution in [0.1, 0.15) is 71.1 Å². The summed E-state index contributed by atoms with van der Waals surface area (Å²) in [6, 6.07) is 20.5. The van der Waals surface area contributed by atoms with E-state index >= 15 is 0 Å². The summed E-state index contributed by atoms with van der Waals surface area (Å²) < 4.78 is 45.9. The molecule has 2 aliphatic carbocycles. The van der Waals surface area contributed by atoms with Gasteiger partial charge in [0.1, 0.15) is 12.6 Å². The van der Waals surface area contributed by atoms with Gasteiger partial charge in [0, 0.05) is 5.69 Å². The fourth-order valence-corrected chi connectivity index (χ4v) is 13.4. The Morgan fingerprint density at radius 2 is 1.26 bits per heavy atom. The van der Waals surface area contributed by atoms with Gasteiger partial charge in [0.25, 0.3) is 5.97 Å². The van der Waals surface area contributed by atoms with Crippen molar-refractivity contribution in [1.82, 2.24) is 0 Å². The number of benzene rings is 2. The third kappa shape index (κ3) is 5.72. The van der Waals surface area contributed by atoms with Gasteiger partial charge in [0.05, 0.1) is 23.6 Å². The monoisotopic (exact) mass is 509 g/mol. The lowest BCUT2D eigenvalue weighted by Gasteiger charge is -2.44. The number of halogens is 4. The zero-order valence-corrected chi connectivity index (χ0v) is 21.5. The maximum atomic E-state index is 9.75. The Morgan fingerprint density at radius 3 is 1.77 bits per heavy atom. The molecule has 0 amide bonds. The minimum atomic E-state index is -6.00. The Morgan fingerprint density at radius 1 is 0.771 bits per heavy atom. The lowest BCUT2D eigenvalue weighted by molar-refractivity contribution is 0.122. The van der Waals surface area contributed by atoms with E-state index in [0.717, 1.165) is 17.9 Å². The van der Waals surface area contributed by atoms with Crippen molar-refractivity contribution in [3.8, 4) is 0 Å². The second kappa shape index (κ2) is 11.6. The number of fused-ring (bicyclic) bond motifs is 1. The van der Waals surface area contributed by atoms with Gasteiger partial charge < -0.3 is 22.0 Å². The minimum Gasteiger partial charge on any atom is -0.418 e. The van der Waals surface area contributed by atoms with E-state index in [2.05, 4.69) is 66.4 Å². The minimum absolute atomic E-state index is 0.216. The van der Waals surface area contributed by atoms with E-state index in [4.69, 9.17) is 4.74 Å². The topological polar surface area (TPSA) is 12.5 Å². The van der Waals surface area contributed by atoms with Crippen LogP contribution in [-0.4, -0.2) is 31.1 Å². The predicted octanol–water partition coefficient (Wildman–Crippen LogP) is 8.77. The highest BCUT2D eigenvalue weighted by Crippen LogP contribution is 2.79. The van der Waals surface area contributed by atoms with Gasteiger partial charge in [0.2, 0.25) is 0 Å². The summed E-state index contributed by atoms with van der Waals surface area (Å²) in [5, 5.41) is 1.69. The third-order valence-electron chi connectivity index (χ3n) is 7.85. The third-order valence-corrected chi connectivity index (χ3v) is 13.6. The largest absolute Gasteiger partial charge is 0.673 e. The molecule has 192 valence electrons.